The van der Waals surface area contributed by atoms with Crippen LogP contribution < -0.4 is 10.6 Å². The van der Waals surface area contributed by atoms with Crippen LogP contribution in [0.3, 0.4) is 0 Å². The van der Waals surface area contributed by atoms with Gasteiger partial charge in [-0.15, -0.1) is 0 Å². The Kier molecular flexibility index (Phi) is 4.27. The zero-order valence-corrected chi connectivity index (χ0v) is 12.5. The Balaban J connectivity index is 1.87. The van der Waals surface area contributed by atoms with Crippen LogP contribution in [-0.4, -0.2) is 24.7 Å². The summed E-state index contributed by atoms with van der Waals surface area (Å²) in [7, 11) is 0. The van der Waals surface area contributed by atoms with Gasteiger partial charge >= 0.3 is 0 Å². The van der Waals surface area contributed by atoms with Gasteiger partial charge in [-0.3, -0.25) is 0 Å². The summed E-state index contributed by atoms with van der Waals surface area (Å²) < 4.78 is 5.98. The van der Waals surface area contributed by atoms with E-state index in [1.807, 2.05) is 24.3 Å². The van der Waals surface area contributed by atoms with E-state index in [0.717, 1.165) is 31.8 Å². The summed E-state index contributed by atoms with van der Waals surface area (Å²) in [5.41, 5.74) is 7.90. The number of ether oxygens (including phenoxy) is 1. The van der Waals surface area contributed by atoms with Crippen molar-refractivity contribution < 1.29 is 4.74 Å². The maximum Gasteiger partial charge on any atom is 0.125 e. The summed E-state index contributed by atoms with van der Waals surface area (Å²) in [5, 5.41) is 0.623. The van der Waals surface area contributed by atoms with Gasteiger partial charge in [0.15, 0.2) is 0 Å². The minimum Gasteiger partial charge on any atom is -0.384 e. The molecule has 1 aromatic carbocycles. The molecule has 1 aromatic heterocycles. The van der Waals surface area contributed by atoms with Crippen LogP contribution in [0.1, 0.15) is 18.1 Å². The molecule has 0 amide bonds. The number of pyridine rings is 1. The van der Waals surface area contributed by atoms with E-state index in [-0.39, 0.29) is 6.10 Å². The molecule has 0 saturated carbocycles. The molecule has 2 heterocycles. The first-order valence-electron chi connectivity index (χ1n) is 7.06. The van der Waals surface area contributed by atoms with Crippen molar-refractivity contribution in [3.05, 3.63) is 53.2 Å². The van der Waals surface area contributed by atoms with Crippen molar-refractivity contribution in [2.45, 2.75) is 12.5 Å². The highest BCUT2D eigenvalue weighted by atomic mass is 35.5. The highest BCUT2D eigenvalue weighted by molar-refractivity contribution is 6.33. The molecule has 1 saturated heterocycles. The van der Waals surface area contributed by atoms with Crippen LogP contribution in [0.15, 0.2) is 42.6 Å². The Morgan fingerprint density at radius 3 is 2.90 bits per heavy atom. The summed E-state index contributed by atoms with van der Waals surface area (Å²) in [6.45, 7) is 2.40. The number of halogens is 1. The summed E-state index contributed by atoms with van der Waals surface area (Å²) >= 11 is 6.28. The second kappa shape index (κ2) is 6.33. The first kappa shape index (κ1) is 14.2. The molecule has 0 bridgehead atoms. The molecule has 2 aromatic rings. The average Bonchev–Trinajstić information content (AvgIpc) is 2.76. The highest BCUT2D eigenvalue weighted by Crippen LogP contribution is 2.31. The third-order valence-corrected chi connectivity index (χ3v) is 3.94. The lowest BCUT2D eigenvalue weighted by atomic mass is 10.1. The Morgan fingerprint density at radius 2 is 2.10 bits per heavy atom. The van der Waals surface area contributed by atoms with E-state index in [2.05, 4.69) is 22.0 Å². The topological polar surface area (TPSA) is 51.4 Å². The van der Waals surface area contributed by atoms with Crippen LogP contribution in [0.2, 0.25) is 5.02 Å². The number of benzene rings is 1. The first-order chi connectivity index (χ1) is 10.2. The molecule has 1 fully saturated rings. The number of rotatable bonds is 2. The molecule has 0 aliphatic carbocycles. The smallest absolute Gasteiger partial charge is 0.125 e. The van der Waals surface area contributed by atoms with E-state index in [1.165, 1.54) is 5.56 Å². The molecule has 2 N–H and O–H groups in total. The highest BCUT2D eigenvalue weighted by Gasteiger charge is 2.22. The molecule has 21 heavy (non-hydrogen) atoms. The van der Waals surface area contributed by atoms with Crippen molar-refractivity contribution in [1.82, 2.24) is 4.98 Å². The minimum atomic E-state index is 0.0409. The van der Waals surface area contributed by atoms with Gasteiger partial charge in [-0.05, 0) is 12.0 Å². The minimum absolute atomic E-state index is 0.0409. The van der Waals surface area contributed by atoms with Crippen molar-refractivity contribution in [1.29, 1.82) is 0 Å². The summed E-state index contributed by atoms with van der Waals surface area (Å²) in [6, 6.07) is 12.1. The largest absolute Gasteiger partial charge is 0.384 e. The lowest BCUT2D eigenvalue weighted by Crippen LogP contribution is -2.28. The van der Waals surface area contributed by atoms with Gasteiger partial charge in [0.25, 0.3) is 0 Å². The Labute approximate surface area is 129 Å². The molecule has 0 radical (unpaired) electrons. The van der Waals surface area contributed by atoms with Crippen LogP contribution in [0.5, 0.6) is 0 Å². The van der Waals surface area contributed by atoms with Crippen molar-refractivity contribution >= 4 is 23.1 Å². The van der Waals surface area contributed by atoms with Crippen LogP contribution in [0.4, 0.5) is 11.5 Å². The van der Waals surface area contributed by atoms with Gasteiger partial charge in [0, 0.05) is 32.0 Å². The Hall–Kier alpha value is -1.78. The summed E-state index contributed by atoms with van der Waals surface area (Å²) in [5.74, 6) is 0.482. The standard InChI is InChI=1S/C16H18ClN3O/c17-13-10-19-16(18)9-14(13)20-7-4-8-21-15(11-20)12-5-2-1-3-6-12/h1-3,5-6,9-10,15H,4,7-8,11H2,(H2,18,19). The number of nitrogens with zero attached hydrogens (tertiary/aromatic N) is 2. The van der Waals surface area contributed by atoms with Crippen molar-refractivity contribution in [2.24, 2.45) is 0 Å². The van der Waals surface area contributed by atoms with Crippen LogP contribution in [0.25, 0.3) is 0 Å². The van der Waals surface area contributed by atoms with E-state index in [1.54, 1.807) is 6.20 Å². The van der Waals surface area contributed by atoms with Gasteiger partial charge in [-0.2, -0.15) is 0 Å². The number of hydrogen-bond acceptors (Lipinski definition) is 4. The van der Waals surface area contributed by atoms with Gasteiger partial charge in [-0.25, -0.2) is 4.98 Å². The van der Waals surface area contributed by atoms with Gasteiger partial charge in [0.2, 0.25) is 0 Å². The third-order valence-electron chi connectivity index (χ3n) is 3.65. The molecule has 1 atom stereocenters. The van der Waals surface area contributed by atoms with E-state index >= 15 is 0 Å². The summed E-state index contributed by atoms with van der Waals surface area (Å²) in [6.07, 6.45) is 2.61. The quantitative estimate of drug-likeness (QED) is 0.925. The monoisotopic (exact) mass is 303 g/mol. The predicted octanol–water partition coefficient (Wildman–Crippen LogP) is 3.29. The second-order valence-electron chi connectivity index (χ2n) is 5.13. The fourth-order valence-corrected chi connectivity index (χ4v) is 2.82. The van der Waals surface area contributed by atoms with E-state index in [4.69, 9.17) is 22.1 Å². The lowest BCUT2D eigenvalue weighted by molar-refractivity contribution is 0.0687. The lowest BCUT2D eigenvalue weighted by Gasteiger charge is -2.27. The van der Waals surface area contributed by atoms with Crippen LogP contribution >= 0.6 is 11.6 Å². The van der Waals surface area contributed by atoms with E-state index in [0.29, 0.717) is 10.8 Å². The maximum atomic E-state index is 6.28. The number of nitrogen functional groups attached to an aromatic ring is 1. The Morgan fingerprint density at radius 1 is 1.29 bits per heavy atom. The van der Waals surface area contributed by atoms with Crippen molar-refractivity contribution in [3.63, 3.8) is 0 Å². The molecular formula is C16H18ClN3O. The molecule has 3 rings (SSSR count). The van der Waals surface area contributed by atoms with E-state index in [9.17, 15) is 0 Å². The number of anilines is 2. The third kappa shape index (κ3) is 3.28. The predicted molar refractivity (Wildman–Crippen MR) is 85.6 cm³/mol. The normalized spacial score (nSPS) is 19.3. The molecule has 1 aliphatic rings. The molecule has 5 heteroatoms. The van der Waals surface area contributed by atoms with Gasteiger partial charge in [0.05, 0.1) is 16.8 Å². The zero-order chi connectivity index (χ0) is 14.7. The molecule has 4 nitrogen and oxygen atoms in total. The molecular weight excluding hydrogens is 286 g/mol. The fourth-order valence-electron chi connectivity index (χ4n) is 2.60. The Bertz CT molecular complexity index is 606. The SMILES string of the molecule is Nc1cc(N2CCCOC(c3ccccc3)C2)c(Cl)cn1. The van der Waals surface area contributed by atoms with Crippen molar-refractivity contribution in [3.8, 4) is 0 Å². The fraction of sp³-hybridized carbons (Fsp3) is 0.312. The van der Waals surface area contributed by atoms with Crippen LogP contribution in [0, 0.1) is 0 Å². The average molecular weight is 304 g/mol. The number of hydrogen-bond donors (Lipinski definition) is 1. The zero-order valence-electron chi connectivity index (χ0n) is 11.7. The maximum absolute atomic E-state index is 6.28. The second-order valence-corrected chi connectivity index (χ2v) is 5.54. The first-order valence-corrected chi connectivity index (χ1v) is 7.44. The molecule has 1 aliphatic heterocycles. The number of aromatic nitrogens is 1. The van der Waals surface area contributed by atoms with Crippen LogP contribution in [-0.2, 0) is 4.74 Å². The molecule has 1 unspecified atom stereocenters. The van der Waals surface area contributed by atoms with E-state index < -0.39 is 0 Å². The van der Waals surface area contributed by atoms with Gasteiger partial charge in [-0.1, -0.05) is 41.9 Å². The van der Waals surface area contributed by atoms with Crippen molar-refractivity contribution in [2.75, 3.05) is 30.3 Å². The van der Waals surface area contributed by atoms with Gasteiger partial charge in [0.1, 0.15) is 5.82 Å². The van der Waals surface area contributed by atoms with Gasteiger partial charge < -0.3 is 15.4 Å². The molecule has 0 spiro atoms. The molecule has 110 valence electrons. The summed E-state index contributed by atoms with van der Waals surface area (Å²) in [4.78, 5) is 6.25. The number of nitrogens with two attached hydrogens (primary N) is 1.